The zero-order chi connectivity index (χ0) is 24.8. The van der Waals surface area contributed by atoms with Crippen molar-refractivity contribution in [1.29, 1.82) is 5.26 Å². The summed E-state index contributed by atoms with van der Waals surface area (Å²) in [5, 5.41) is 9.14. The van der Waals surface area contributed by atoms with Crippen LogP contribution in [-0.4, -0.2) is 49.3 Å². The van der Waals surface area contributed by atoms with E-state index in [1.165, 1.54) is 11.1 Å². The minimum absolute atomic E-state index is 0.0288. The Morgan fingerprint density at radius 1 is 0.706 bits per heavy atom. The summed E-state index contributed by atoms with van der Waals surface area (Å²) in [6.45, 7) is 0. The van der Waals surface area contributed by atoms with Crippen molar-refractivity contribution in [2.45, 2.75) is 68.0 Å². The van der Waals surface area contributed by atoms with Crippen LogP contribution in [0.15, 0.2) is 60.7 Å². The first-order valence-electron chi connectivity index (χ1n) is 12.4. The molecule has 0 amide bonds. The van der Waals surface area contributed by atoms with Gasteiger partial charge in [0.1, 0.15) is 11.3 Å². The highest BCUT2D eigenvalue weighted by Crippen LogP contribution is 2.43. The molecule has 0 heterocycles. The van der Waals surface area contributed by atoms with E-state index in [1.54, 1.807) is 0 Å². The van der Waals surface area contributed by atoms with Gasteiger partial charge < -0.3 is 5.73 Å². The second-order valence-electron chi connectivity index (χ2n) is 10.4. The molecule has 0 bridgehead atoms. The standard InChI is InChI=1S/C15H21N3.C14H19NO/c1-18(2)15(13-6-4-3-5-7-13)10-8-14(17,12-16)9-11-15;1-15(2)14(10-8-13(16)9-11-14)12-6-4-3-5-7-12/h3-7H,8-11,17H2,1-2H3;3-7H,8-11H2,1-2H3. The number of carbonyl (C=O) groups is 1. The number of hydrogen-bond acceptors (Lipinski definition) is 5. The minimum atomic E-state index is -0.631. The maximum absolute atomic E-state index is 11.4. The first-order chi connectivity index (χ1) is 16.2. The van der Waals surface area contributed by atoms with E-state index in [0.29, 0.717) is 18.6 Å². The summed E-state index contributed by atoms with van der Waals surface area (Å²) in [5.41, 5.74) is 8.21. The lowest BCUT2D eigenvalue weighted by Gasteiger charge is -2.47. The molecule has 0 unspecified atom stereocenters. The molecule has 2 aliphatic carbocycles. The van der Waals surface area contributed by atoms with Crippen molar-refractivity contribution in [3.8, 4) is 6.07 Å². The molecule has 2 aliphatic rings. The van der Waals surface area contributed by atoms with Crippen LogP contribution in [0.4, 0.5) is 0 Å². The number of benzene rings is 2. The molecule has 2 aromatic rings. The summed E-state index contributed by atoms with van der Waals surface area (Å²) in [4.78, 5) is 15.9. The number of rotatable bonds is 4. The lowest BCUT2D eigenvalue weighted by molar-refractivity contribution is -0.122. The smallest absolute Gasteiger partial charge is 0.133 e. The maximum Gasteiger partial charge on any atom is 0.133 e. The summed E-state index contributed by atoms with van der Waals surface area (Å²) in [7, 11) is 8.46. The number of nitrogens with zero attached hydrogens (tertiary/aromatic N) is 3. The Balaban J connectivity index is 0.000000192. The van der Waals surface area contributed by atoms with Gasteiger partial charge in [-0.3, -0.25) is 14.6 Å². The zero-order valence-electron chi connectivity index (χ0n) is 21.3. The molecule has 5 nitrogen and oxygen atoms in total. The molecular formula is C29H40N4O. The third kappa shape index (κ3) is 5.41. The molecule has 5 heteroatoms. The van der Waals surface area contributed by atoms with Crippen LogP contribution in [0.1, 0.15) is 62.5 Å². The lowest BCUT2D eigenvalue weighted by Crippen LogP contribution is -2.51. The summed E-state index contributed by atoms with van der Waals surface area (Å²) in [6.07, 6.45) is 6.72. The van der Waals surface area contributed by atoms with Crippen molar-refractivity contribution in [2.75, 3.05) is 28.2 Å². The molecule has 2 saturated carbocycles. The van der Waals surface area contributed by atoms with Crippen molar-refractivity contribution in [2.24, 2.45) is 5.73 Å². The van der Waals surface area contributed by atoms with E-state index < -0.39 is 5.54 Å². The van der Waals surface area contributed by atoms with Gasteiger partial charge in [0.15, 0.2) is 0 Å². The Labute approximate surface area is 205 Å². The van der Waals surface area contributed by atoms with E-state index in [4.69, 9.17) is 11.0 Å². The van der Waals surface area contributed by atoms with Crippen LogP contribution in [0.2, 0.25) is 0 Å². The number of nitrogens with two attached hydrogens (primary N) is 1. The van der Waals surface area contributed by atoms with Gasteiger partial charge in [0.05, 0.1) is 6.07 Å². The summed E-state index contributed by atoms with van der Waals surface area (Å²) in [5.74, 6) is 0.411. The zero-order valence-corrected chi connectivity index (χ0v) is 21.3. The highest BCUT2D eigenvalue weighted by atomic mass is 16.1. The van der Waals surface area contributed by atoms with Crippen LogP contribution in [0.3, 0.4) is 0 Å². The molecule has 2 fully saturated rings. The molecule has 0 spiro atoms. The topological polar surface area (TPSA) is 73.4 Å². The van der Waals surface area contributed by atoms with E-state index in [1.807, 2.05) is 12.1 Å². The average Bonchev–Trinajstić information content (AvgIpc) is 2.86. The summed E-state index contributed by atoms with van der Waals surface area (Å²) < 4.78 is 0. The Morgan fingerprint density at radius 2 is 1.09 bits per heavy atom. The van der Waals surface area contributed by atoms with Gasteiger partial charge in [-0.2, -0.15) is 5.26 Å². The van der Waals surface area contributed by atoms with Gasteiger partial charge in [-0.1, -0.05) is 60.7 Å². The lowest BCUT2D eigenvalue weighted by atomic mass is 9.69. The molecule has 2 N–H and O–H groups in total. The minimum Gasteiger partial charge on any atom is -0.313 e. The molecule has 0 radical (unpaired) electrons. The van der Waals surface area contributed by atoms with Gasteiger partial charge in [0, 0.05) is 23.9 Å². The van der Waals surface area contributed by atoms with Gasteiger partial charge in [-0.25, -0.2) is 0 Å². The van der Waals surface area contributed by atoms with E-state index >= 15 is 0 Å². The van der Waals surface area contributed by atoms with Crippen LogP contribution < -0.4 is 5.73 Å². The number of hydrogen-bond donors (Lipinski definition) is 1. The first kappa shape index (κ1) is 26.1. The third-order valence-corrected chi connectivity index (χ3v) is 8.16. The second-order valence-corrected chi connectivity index (χ2v) is 10.4. The third-order valence-electron chi connectivity index (χ3n) is 8.16. The summed E-state index contributed by atoms with van der Waals surface area (Å²) in [6, 6.07) is 23.4. The fraction of sp³-hybridized carbons (Fsp3) is 0.517. The molecule has 182 valence electrons. The highest BCUT2D eigenvalue weighted by molar-refractivity contribution is 5.79. The number of ketones is 1. The molecule has 4 rings (SSSR count). The number of carbonyl (C=O) groups excluding carboxylic acids is 1. The Kier molecular flexibility index (Phi) is 8.30. The average molecular weight is 461 g/mol. The Morgan fingerprint density at radius 3 is 1.44 bits per heavy atom. The van der Waals surface area contributed by atoms with E-state index in [0.717, 1.165) is 38.5 Å². The van der Waals surface area contributed by atoms with Crippen molar-refractivity contribution in [1.82, 2.24) is 9.80 Å². The molecule has 0 aliphatic heterocycles. The van der Waals surface area contributed by atoms with Crippen LogP contribution >= 0.6 is 0 Å². The van der Waals surface area contributed by atoms with Crippen molar-refractivity contribution >= 4 is 5.78 Å². The van der Waals surface area contributed by atoms with E-state index in [9.17, 15) is 4.79 Å². The molecule has 0 saturated heterocycles. The van der Waals surface area contributed by atoms with Crippen LogP contribution in [0, 0.1) is 11.3 Å². The van der Waals surface area contributed by atoms with Crippen LogP contribution in [0.5, 0.6) is 0 Å². The van der Waals surface area contributed by atoms with Gasteiger partial charge in [-0.15, -0.1) is 0 Å². The van der Waals surface area contributed by atoms with Crippen molar-refractivity contribution in [3.05, 3.63) is 71.8 Å². The fourth-order valence-corrected chi connectivity index (χ4v) is 5.65. The molecule has 0 atom stereocenters. The van der Waals surface area contributed by atoms with Gasteiger partial charge in [0.2, 0.25) is 0 Å². The monoisotopic (exact) mass is 460 g/mol. The molecule has 34 heavy (non-hydrogen) atoms. The van der Waals surface area contributed by atoms with E-state index in [-0.39, 0.29) is 11.1 Å². The molecule has 2 aromatic carbocycles. The molecule has 0 aromatic heterocycles. The quantitative estimate of drug-likeness (QED) is 0.708. The molecular weight excluding hydrogens is 420 g/mol. The fourth-order valence-electron chi connectivity index (χ4n) is 5.65. The second kappa shape index (κ2) is 10.8. The predicted octanol–water partition coefficient (Wildman–Crippen LogP) is 4.83. The van der Waals surface area contributed by atoms with E-state index in [2.05, 4.69) is 92.6 Å². The van der Waals surface area contributed by atoms with Crippen LogP contribution in [0.25, 0.3) is 0 Å². The summed E-state index contributed by atoms with van der Waals surface area (Å²) >= 11 is 0. The Bertz CT molecular complexity index is 960. The van der Waals surface area contributed by atoms with Gasteiger partial charge in [-0.05, 0) is 77.8 Å². The number of Topliss-reactive ketones (excluding diaryl/α,β-unsaturated/α-hetero) is 1. The van der Waals surface area contributed by atoms with Gasteiger partial charge >= 0.3 is 0 Å². The Hall–Kier alpha value is -2.52. The first-order valence-corrected chi connectivity index (χ1v) is 12.4. The van der Waals surface area contributed by atoms with Gasteiger partial charge in [0.25, 0.3) is 0 Å². The normalized spacial score (nSPS) is 26.5. The highest BCUT2D eigenvalue weighted by Gasteiger charge is 2.43. The van der Waals surface area contributed by atoms with Crippen LogP contribution in [-0.2, 0) is 15.9 Å². The SMILES string of the molecule is CN(C)C1(c2ccccc2)CCC(=O)CC1.CN(C)C1(c2ccccc2)CCC(N)(C#N)CC1. The van der Waals surface area contributed by atoms with Crippen molar-refractivity contribution in [3.63, 3.8) is 0 Å². The van der Waals surface area contributed by atoms with Crippen molar-refractivity contribution < 1.29 is 4.79 Å². The largest absolute Gasteiger partial charge is 0.313 e. The predicted molar refractivity (Wildman–Crippen MR) is 138 cm³/mol. The maximum atomic E-state index is 11.4. The number of nitriles is 1.